The van der Waals surface area contributed by atoms with E-state index < -0.39 is 17.1 Å². The largest absolute Gasteiger partial charge is 0.330 e. The molecule has 0 saturated carbocycles. The number of nitrogens with zero attached hydrogens (tertiary/aromatic N) is 3. The molecular weight excluding hydrogens is 504 g/mol. The summed E-state index contributed by atoms with van der Waals surface area (Å²) in [6, 6.07) is 22.1. The molecule has 0 aliphatic rings. The number of nitrogens with one attached hydrogen (secondary N) is 3. The van der Waals surface area contributed by atoms with Gasteiger partial charge in [-0.25, -0.2) is 28.8 Å². The van der Waals surface area contributed by atoms with Crippen molar-refractivity contribution in [2.75, 3.05) is 0 Å². The van der Waals surface area contributed by atoms with Gasteiger partial charge in [-0.3, -0.25) is 15.0 Å². The first-order valence-corrected chi connectivity index (χ1v) is 11.0. The van der Waals surface area contributed by atoms with Gasteiger partial charge in [0.1, 0.15) is 0 Å². The summed E-state index contributed by atoms with van der Waals surface area (Å²) in [5.41, 5.74) is 3.03. The minimum absolute atomic E-state index is 0.653. The van der Waals surface area contributed by atoms with Gasteiger partial charge < -0.3 is 0 Å². The van der Waals surface area contributed by atoms with Gasteiger partial charge in [-0.2, -0.15) is 15.0 Å². The number of carbonyl (C=O) groups excluding carboxylic acids is 3. The van der Waals surface area contributed by atoms with Gasteiger partial charge in [0.2, 0.25) is 18.2 Å². The molecule has 0 radical (unpaired) electrons. The summed E-state index contributed by atoms with van der Waals surface area (Å²) in [6.07, 6.45) is 4.44. The zero-order chi connectivity index (χ0) is 29.0. The molecule has 39 heavy (non-hydrogen) atoms. The third-order valence-electron chi connectivity index (χ3n) is 4.31. The summed E-state index contributed by atoms with van der Waals surface area (Å²) in [4.78, 5) is 75.5. The highest BCUT2D eigenvalue weighted by atomic mass is 16.2. The van der Waals surface area contributed by atoms with Gasteiger partial charge in [0, 0.05) is 0 Å². The molecule has 12 heteroatoms. The van der Waals surface area contributed by atoms with Crippen molar-refractivity contribution in [2.45, 2.75) is 20.8 Å². The lowest BCUT2D eigenvalue weighted by Crippen LogP contribution is -2.34. The van der Waals surface area contributed by atoms with Gasteiger partial charge >= 0.3 is 17.1 Å². The average molecular weight is 529 g/mol. The van der Waals surface area contributed by atoms with Crippen molar-refractivity contribution < 1.29 is 14.4 Å². The van der Waals surface area contributed by atoms with Crippen LogP contribution in [0.15, 0.2) is 102 Å². The summed E-state index contributed by atoms with van der Waals surface area (Å²) in [7, 11) is 0. The molecule has 3 N–H and O–H groups in total. The molecule has 0 aliphatic heterocycles. The molecule has 1 heterocycles. The Labute approximate surface area is 221 Å². The highest BCUT2D eigenvalue weighted by molar-refractivity contribution is 5.50. The molecule has 0 fully saturated rings. The van der Waals surface area contributed by atoms with Crippen molar-refractivity contribution in [1.29, 1.82) is 0 Å². The Morgan fingerprint density at radius 1 is 0.436 bits per heavy atom. The third kappa shape index (κ3) is 14.4. The molecule has 198 valence electrons. The minimum Gasteiger partial charge on any atom is -0.259 e. The number of benzene rings is 3. The SMILES string of the molecule is Cc1ccc(N=C=O)cc1.Cc1ccc(N=C=O)cc1.Cc1ccc(N=C=O)cc1.O=c1[nH]c(=O)[nH]c(=O)[nH]1. The molecule has 0 spiro atoms. The molecule has 0 aliphatic carbocycles. The van der Waals surface area contributed by atoms with Gasteiger partial charge in [0.05, 0.1) is 17.1 Å². The molecule has 0 amide bonds. The van der Waals surface area contributed by atoms with Gasteiger partial charge in [-0.05, 0) is 57.2 Å². The number of aromatic amines is 3. The topological polar surface area (TPSA) is 187 Å². The van der Waals surface area contributed by atoms with Crippen LogP contribution in [0.4, 0.5) is 17.1 Å². The Bertz CT molecular complexity index is 1410. The summed E-state index contributed by atoms with van der Waals surface area (Å²) in [5.74, 6) is 0. The highest BCUT2D eigenvalue weighted by Gasteiger charge is 1.87. The molecule has 0 bridgehead atoms. The Kier molecular flexibility index (Phi) is 14.1. The number of aryl methyl sites for hydroxylation is 3. The standard InChI is InChI=1S/3C8H7NO.C3H3N3O3/c3*1-7-2-4-8(5-3-7)9-6-10;7-1-4-2(8)6-3(9)5-1/h3*2-5H,1H3;(H3,4,5,6,7,8,9). The number of rotatable bonds is 3. The molecule has 4 rings (SSSR count). The Morgan fingerprint density at radius 3 is 0.821 bits per heavy atom. The van der Waals surface area contributed by atoms with Gasteiger partial charge in [0.15, 0.2) is 0 Å². The Morgan fingerprint density at radius 2 is 0.641 bits per heavy atom. The fourth-order valence-corrected chi connectivity index (χ4v) is 2.42. The van der Waals surface area contributed by atoms with Gasteiger partial charge in [0.25, 0.3) is 0 Å². The van der Waals surface area contributed by atoms with Crippen molar-refractivity contribution in [1.82, 2.24) is 15.0 Å². The van der Waals surface area contributed by atoms with E-state index in [1.807, 2.05) is 57.2 Å². The zero-order valence-corrected chi connectivity index (χ0v) is 21.2. The third-order valence-corrected chi connectivity index (χ3v) is 4.31. The monoisotopic (exact) mass is 528 g/mol. The van der Waals surface area contributed by atoms with Crippen LogP contribution in [-0.4, -0.2) is 33.2 Å². The average Bonchev–Trinajstić information content (AvgIpc) is 2.89. The molecule has 12 nitrogen and oxygen atoms in total. The summed E-state index contributed by atoms with van der Waals surface area (Å²) in [6.45, 7) is 5.94. The first-order valence-electron chi connectivity index (χ1n) is 11.0. The summed E-state index contributed by atoms with van der Waals surface area (Å²) >= 11 is 0. The highest BCUT2D eigenvalue weighted by Crippen LogP contribution is 2.12. The van der Waals surface area contributed by atoms with Crippen molar-refractivity contribution in [3.05, 3.63) is 121 Å². The lowest BCUT2D eigenvalue weighted by Gasteiger charge is -1.89. The van der Waals surface area contributed by atoms with Crippen LogP contribution in [0.5, 0.6) is 0 Å². The summed E-state index contributed by atoms with van der Waals surface area (Å²) < 4.78 is 0. The van der Waals surface area contributed by atoms with E-state index in [1.54, 1.807) is 51.4 Å². The molecule has 4 aromatic rings. The van der Waals surface area contributed by atoms with E-state index in [0.29, 0.717) is 17.1 Å². The van der Waals surface area contributed by atoms with E-state index >= 15 is 0 Å². The molecule has 3 aromatic carbocycles. The lowest BCUT2D eigenvalue weighted by molar-refractivity contribution is 0.564. The Balaban J connectivity index is 0.000000260. The predicted octanol–water partition coefficient (Wildman–Crippen LogP) is 3.64. The van der Waals surface area contributed by atoms with Crippen molar-refractivity contribution in [3.8, 4) is 0 Å². The predicted molar refractivity (Wildman–Crippen MR) is 145 cm³/mol. The quantitative estimate of drug-likeness (QED) is 0.269. The molecule has 0 atom stereocenters. The van der Waals surface area contributed by atoms with E-state index in [9.17, 15) is 28.8 Å². The molecular formula is C27H24N6O6. The van der Waals surface area contributed by atoms with Crippen LogP contribution in [0, 0.1) is 20.8 Å². The van der Waals surface area contributed by atoms with Gasteiger partial charge in [-0.15, -0.1) is 0 Å². The maximum Gasteiger partial charge on any atom is 0.330 e. The lowest BCUT2D eigenvalue weighted by atomic mass is 10.2. The number of aromatic nitrogens is 3. The summed E-state index contributed by atoms with van der Waals surface area (Å²) in [5, 5.41) is 0. The maximum atomic E-state index is 10.2. The van der Waals surface area contributed by atoms with Gasteiger partial charge in [-0.1, -0.05) is 53.1 Å². The molecule has 0 unspecified atom stereocenters. The normalized spacial score (nSPS) is 8.69. The number of hydrogen-bond donors (Lipinski definition) is 3. The van der Waals surface area contributed by atoms with Crippen molar-refractivity contribution >= 4 is 35.3 Å². The first-order chi connectivity index (χ1) is 18.7. The number of isocyanates is 3. The van der Waals surface area contributed by atoms with Crippen LogP contribution in [0.2, 0.25) is 0 Å². The first kappa shape index (κ1) is 31.2. The van der Waals surface area contributed by atoms with Crippen LogP contribution < -0.4 is 17.1 Å². The fraction of sp³-hybridized carbons (Fsp3) is 0.111. The Hall–Kier alpha value is -5.79. The second-order valence-electron chi connectivity index (χ2n) is 7.48. The van der Waals surface area contributed by atoms with Crippen molar-refractivity contribution in [2.24, 2.45) is 15.0 Å². The van der Waals surface area contributed by atoms with Crippen LogP contribution >= 0.6 is 0 Å². The van der Waals surface area contributed by atoms with E-state index in [1.165, 1.54) is 18.2 Å². The molecule has 1 aromatic heterocycles. The smallest absolute Gasteiger partial charge is 0.259 e. The van der Waals surface area contributed by atoms with Crippen LogP contribution in [0.25, 0.3) is 0 Å². The number of aliphatic imine (C=N–C) groups is 3. The van der Waals surface area contributed by atoms with Crippen LogP contribution in [0.3, 0.4) is 0 Å². The maximum absolute atomic E-state index is 10.2. The van der Waals surface area contributed by atoms with Crippen LogP contribution in [0.1, 0.15) is 16.7 Å². The molecule has 0 saturated heterocycles. The fourth-order valence-electron chi connectivity index (χ4n) is 2.42. The minimum atomic E-state index is -0.802. The van der Waals surface area contributed by atoms with Crippen LogP contribution in [-0.2, 0) is 14.4 Å². The van der Waals surface area contributed by atoms with E-state index in [0.717, 1.165) is 16.7 Å². The van der Waals surface area contributed by atoms with Crippen molar-refractivity contribution in [3.63, 3.8) is 0 Å². The number of H-pyrrole nitrogens is 3. The zero-order valence-electron chi connectivity index (χ0n) is 21.2. The second-order valence-corrected chi connectivity index (χ2v) is 7.48. The number of hydrogen-bond acceptors (Lipinski definition) is 9. The van der Waals surface area contributed by atoms with E-state index in [-0.39, 0.29) is 0 Å². The van der Waals surface area contributed by atoms with E-state index in [2.05, 4.69) is 15.0 Å². The second kappa shape index (κ2) is 17.6. The van der Waals surface area contributed by atoms with E-state index in [4.69, 9.17) is 0 Å².